The lowest BCUT2D eigenvalue weighted by atomic mass is 10.3. The Hall–Kier alpha value is -1.13. The molecule has 0 bridgehead atoms. The molecule has 0 N–H and O–H groups in total. The molecule has 90 valence electrons. The minimum atomic E-state index is -0.102. The molecular weight excluding hydrogens is 256 g/mol. The monoisotopic (exact) mass is 268 g/mol. The van der Waals surface area contributed by atoms with Crippen LogP contribution in [0.1, 0.15) is 20.3 Å². The fraction of sp³-hybridized carbons (Fsp3) is 0.333. The lowest BCUT2D eigenvalue weighted by Crippen LogP contribution is -2.15. The number of aromatic nitrogens is 1. The van der Waals surface area contributed by atoms with Crippen molar-refractivity contribution in [2.45, 2.75) is 26.8 Å². The van der Waals surface area contributed by atoms with E-state index in [1.54, 1.807) is 0 Å². The standard InChI is InChI=1S/C12H13ClN2OS/c1-3-10(16)14-12-15(4-2)11-8(13)6-5-7-9(11)17-12/h5-7H,3-4H2,1-2H3. The summed E-state index contributed by atoms with van der Waals surface area (Å²) in [4.78, 5) is 16.2. The van der Waals surface area contributed by atoms with Crippen molar-refractivity contribution < 1.29 is 4.79 Å². The molecule has 0 atom stereocenters. The van der Waals surface area contributed by atoms with E-state index in [9.17, 15) is 4.79 Å². The van der Waals surface area contributed by atoms with Crippen LogP contribution in [0.3, 0.4) is 0 Å². The minimum absolute atomic E-state index is 0.102. The molecule has 0 aliphatic carbocycles. The maximum atomic E-state index is 11.4. The van der Waals surface area contributed by atoms with Crippen LogP contribution in [-0.4, -0.2) is 10.5 Å². The van der Waals surface area contributed by atoms with Crippen LogP contribution in [-0.2, 0) is 11.3 Å². The summed E-state index contributed by atoms with van der Waals surface area (Å²) in [5.41, 5.74) is 0.962. The number of aryl methyl sites for hydroxylation is 1. The van der Waals surface area contributed by atoms with Gasteiger partial charge in [0, 0.05) is 13.0 Å². The second-order valence-electron chi connectivity index (χ2n) is 3.57. The quantitative estimate of drug-likeness (QED) is 0.824. The highest BCUT2D eigenvalue weighted by atomic mass is 35.5. The summed E-state index contributed by atoms with van der Waals surface area (Å²) in [5, 5.41) is 0.700. The summed E-state index contributed by atoms with van der Waals surface area (Å²) in [6, 6.07) is 5.76. The van der Waals surface area contributed by atoms with Crippen molar-refractivity contribution in [3.8, 4) is 0 Å². The van der Waals surface area contributed by atoms with E-state index in [0.29, 0.717) is 11.4 Å². The lowest BCUT2D eigenvalue weighted by molar-refractivity contribution is -0.117. The van der Waals surface area contributed by atoms with Crippen molar-refractivity contribution in [2.24, 2.45) is 4.99 Å². The van der Waals surface area contributed by atoms with Gasteiger partial charge in [-0.2, -0.15) is 4.99 Å². The SMILES string of the molecule is CCC(=O)N=c1sc2cccc(Cl)c2n1CC. The van der Waals surface area contributed by atoms with E-state index in [0.717, 1.165) is 21.6 Å². The van der Waals surface area contributed by atoms with Crippen LogP contribution >= 0.6 is 22.9 Å². The lowest BCUT2D eigenvalue weighted by Gasteiger charge is -2.01. The average Bonchev–Trinajstić information content (AvgIpc) is 2.67. The first-order valence-corrected chi connectivity index (χ1v) is 6.72. The van der Waals surface area contributed by atoms with Gasteiger partial charge in [-0.3, -0.25) is 4.79 Å². The number of halogens is 1. The predicted octanol–water partition coefficient (Wildman–Crippen LogP) is 3.21. The highest BCUT2D eigenvalue weighted by Gasteiger charge is 2.08. The largest absolute Gasteiger partial charge is 0.315 e. The highest BCUT2D eigenvalue weighted by molar-refractivity contribution is 7.16. The van der Waals surface area contributed by atoms with Crippen LogP contribution < -0.4 is 4.80 Å². The molecule has 0 saturated heterocycles. The maximum Gasteiger partial charge on any atom is 0.248 e. The summed E-state index contributed by atoms with van der Waals surface area (Å²) in [7, 11) is 0. The summed E-state index contributed by atoms with van der Waals surface area (Å²) in [6.45, 7) is 4.58. The van der Waals surface area contributed by atoms with Crippen molar-refractivity contribution in [1.82, 2.24) is 4.57 Å². The third-order valence-corrected chi connectivity index (χ3v) is 3.84. The fourth-order valence-corrected chi connectivity index (χ4v) is 3.12. The zero-order chi connectivity index (χ0) is 12.4. The van der Waals surface area contributed by atoms with Gasteiger partial charge in [-0.25, -0.2) is 0 Å². The second kappa shape index (κ2) is 5.02. The third-order valence-electron chi connectivity index (χ3n) is 2.49. The molecule has 0 radical (unpaired) electrons. The van der Waals surface area contributed by atoms with Gasteiger partial charge in [-0.15, -0.1) is 0 Å². The van der Waals surface area contributed by atoms with Crippen LogP contribution in [0.5, 0.6) is 0 Å². The van der Waals surface area contributed by atoms with Crippen LogP contribution in [0.25, 0.3) is 10.2 Å². The van der Waals surface area contributed by atoms with E-state index in [1.165, 1.54) is 11.3 Å². The van der Waals surface area contributed by atoms with Crippen LogP contribution in [0.2, 0.25) is 5.02 Å². The van der Waals surface area contributed by atoms with E-state index in [4.69, 9.17) is 11.6 Å². The smallest absolute Gasteiger partial charge is 0.248 e. The Bertz CT molecular complexity index is 627. The molecule has 0 saturated carbocycles. The summed E-state index contributed by atoms with van der Waals surface area (Å²) >= 11 is 7.68. The molecule has 0 fully saturated rings. The zero-order valence-corrected chi connectivity index (χ0v) is 11.3. The van der Waals surface area contributed by atoms with Gasteiger partial charge in [0.2, 0.25) is 5.91 Å². The number of carbonyl (C=O) groups excluding carboxylic acids is 1. The van der Waals surface area contributed by atoms with Gasteiger partial charge in [-0.1, -0.05) is 35.9 Å². The summed E-state index contributed by atoms with van der Waals surface area (Å²) in [5.74, 6) is -0.102. The number of thiazole rings is 1. The highest BCUT2D eigenvalue weighted by Crippen LogP contribution is 2.25. The molecule has 0 spiro atoms. The third kappa shape index (κ3) is 2.28. The molecular formula is C12H13ClN2OS. The Morgan fingerprint density at radius 3 is 2.88 bits per heavy atom. The Morgan fingerprint density at radius 2 is 2.24 bits per heavy atom. The maximum absolute atomic E-state index is 11.4. The Labute approximate surface area is 108 Å². The Morgan fingerprint density at radius 1 is 1.47 bits per heavy atom. The number of nitrogens with zero attached hydrogens (tertiary/aromatic N) is 2. The van der Waals surface area contributed by atoms with Crippen molar-refractivity contribution in [3.05, 3.63) is 28.0 Å². The van der Waals surface area contributed by atoms with Crippen LogP contribution in [0, 0.1) is 0 Å². The Kier molecular flexibility index (Phi) is 3.64. The Balaban J connectivity index is 2.78. The molecule has 3 nitrogen and oxygen atoms in total. The molecule has 1 heterocycles. The zero-order valence-electron chi connectivity index (χ0n) is 9.74. The van der Waals surface area contributed by atoms with Gasteiger partial charge in [0.1, 0.15) is 0 Å². The molecule has 2 rings (SSSR count). The van der Waals surface area contributed by atoms with E-state index >= 15 is 0 Å². The number of rotatable bonds is 2. The molecule has 1 amide bonds. The van der Waals surface area contributed by atoms with Crippen molar-refractivity contribution in [1.29, 1.82) is 0 Å². The summed E-state index contributed by atoms with van der Waals surface area (Å²) < 4.78 is 3.04. The van der Waals surface area contributed by atoms with Crippen LogP contribution in [0.4, 0.5) is 0 Å². The molecule has 0 unspecified atom stereocenters. The van der Waals surface area contributed by atoms with Gasteiger partial charge in [0.15, 0.2) is 4.80 Å². The topological polar surface area (TPSA) is 34.4 Å². The van der Waals surface area contributed by atoms with E-state index in [1.807, 2.05) is 36.6 Å². The second-order valence-corrected chi connectivity index (χ2v) is 4.99. The van der Waals surface area contributed by atoms with Gasteiger partial charge < -0.3 is 4.57 Å². The van der Waals surface area contributed by atoms with Crippen molar-refractivity contribution >= 4 is 39.1 Å². The first-order chi connectivity index (χ1) is 8.17. The van der Waals surface area contributed by atoms with E-state index in [-0.39, 0.29) is 5.91 Å². The van der Waals surface area contributed by atoms with Crippen molar-refractivity contribution in [2.75, 3.05) is 0 Å². The molecule has 0 aliphatic heterocycles. The molecule has 1 aromatic carbocycles. The number of para-hydroxylation sites is 1. The number of hydrogen-bond donors (Lipinski definition) is 0. The molecule has 0 aliphatic rings. The fourth-order valence-electron chi connectivity index (χ4n) is 1.65. The van der Waals surface area contributed by atoms with Gasteiger partial charge in [-0.05, 0) is 19.1 Å². The van der Waals surface area contributed by atoms with Gasteiger partial charge >= 0.3 is 0 Å². The molecule has 1 aromatic heterocycles. The molecule has 5 heteroatoms. The normalized spacial score (nSPS) is 12.3. The van der Waals surface area contributed by atoms with E-state index < -0.39 is 0 Å². The number of carbonyl (C=O) groups is 1. The first kappa shape index (κ1) is 12.3. The summed E-state index contributed by atoms with van der Waals surface area (Å²) in [6.07, 6.45) is 0.422. The number of hydrogen-bond acceptors (Lipinski definition) is 2. The number of fused-ring (bicyclic) bond motifs is 1. The average molecular weight is 269 g/mol. The van der Waals surface area contributed by atoms with E-state index in [2.05, 4.69) is 4.99 Å². The van der Waals surface area contributed by atoms with Crippen molar-refractivity contribution in [3.63, 3.8) is 0 Å². The minimum Gasteiger partial charge on any atom is -0.315 e. The predicted molar refractivity (Wildman–Crippen MR) is 71.4 cm³/mol. The molecule has 2 aromatic rings. The van der Waals surface area contributed by atoms with Gasteiger partial charge in [0.25, 0.3) is 0 Å². The first-order valence-electron chi connectivity index (χ1n) is 5.52. The number of amides is 1. The molecule has 17 heavy (non-hydrogen) atoms. The van der Waals surface area contributed by atoms with Crippen LogP contribution in [0.15, 0.2) is 23.2 Å². The number of benzene rings is 1. The van der Waals surface area contributed by atoms with Gasteiger partial charge in [0.05, 0.1) is 15.2 Å².